The Bertz CT molecular complexity index is 849. The molecule has 0 bridgehead atoms. The maximum atomic E-state index is 9.95. The van der Waals surface area contributed by atoms with E-state index in [0.717, 1.165) is 67.6 Å². The number of unbranched alkanes of at least 4 members (excludes halogenated alkanes) is 3. The Morgan fingerprint density at radius 3 is 2.26 bits per heavy atom. The Labute approximate surface area is 196 Å². The van der Waals surface area contributed by atoms with Gasteiger partial charge in [-0.15, -0.1) is 24.8 Å². The molecule has 0 saturated carbocycles. The highest BCUT2D eigenvalue weighted by Gasteiger charge is 2.30. The number of halogens is 2. The zero-order chi connectivity index (χ0) is 20.8. The fourth-order valence-corrected chi connectivity index (χ4v) is 3.83. The van der Waals surface area contributed by atoms with Crippen LogP contribution in [0.5, 0.6) is 23.0 Å². The van der Waals surface area contributed by atoms with Crippen LogP contribution in [0.25, 0.3) is 0 Å². The average Bonchev–Trinajstić information content (AvgIpc) is 2.69. The third-order valence-electron chi connectivity index (χ3n) is 5.69. The zero-order valence-corrected chi connectivity index (χ0v) is 19.5. The van der Waals surface area contributed by atoms with Crippen molar-refractivity contribution < 1.29 is 20.4 Å². The van der Waals surface area contributed by atoms with Crippen LogP contribution in [0.2, 0.25) is 0 Å². The highest BCUT2D eigenvalue weighted by molar-refractivity contribution is 5.85. The van der Waals surface area contributed by atoms with Crippen LogP contribution in [-0.4, -0.2) is 40.1 Å². The molecule has 2 aromatic rings. The lowest BCUT2D eigenvalue weighted by atomic mass is 9.81. The van der Waals surface area contributed by atoms with Gasteiger partial charge in [0.15, 0.2) is 23.0 Å². The molecule has 0 amide bonds. The fraction of sp³-hybridized carbons (Fsp3) is 0.478. The number of nitrogens with one attached hydrogen (secondary N) is 2. The average molecular weight is 473 g/mol. The van der Waals surface area contributed by atoms with Crippen LogP contribution in [0.15, 0.2) is 24.3 Å². The summed E-state index contributed by atoms with van der Waals surface area (Å²) in [6.07, 6.45) is 6.23. The molecule has 0 spiro atoms. The van der Waals surface area contributed by atoms with E-state index < -0.39 is 0 Å². The van der Waals surface area contributed by atoms with E-state index in [0.29, 0.717) is 0 Å². The smallest absolute Gasteiger partial charge is 0.161 e. The zero-order valence-electron chi connectivity index (χ0n) is 17.9. The summed E-state index contributed by atoms with van der Waals surface area (Å²) in [7, 11) is 0. The Hall–Kier alpha value is -1.86. The van der Waals surface area contributed by atoms with Gasteiger partial charge in [0.2, 0.25) is 0 Å². The van der Waals surface area contributed by atoms with Crippen molar-refractivity contribution in [3.05, 3.63) is 46.5 Å². The molecule has 0 heterocycles. The lowest BCUT2D eigenvalue weighted by Crippen LogP contribution is -2.32. The van der Waals surface area contributed by atoms with Crippen molar-refractivity contribution in [2.24, 2.45) is 0 Å². The Morgan fingerprint density at radius 1 is 0.839 bits per heavy atom. The summed E-state index contributed by atoms with van der Waals surface area (Å²) in [5.74, 6) is -0.0818. The number of aromatic hydroxyl groups is 4. The van der Waals surface area contributed by atoms with Crippen molar-refractivity contribution in [1.82, 2.24) is 10.6 Å². The number of rotatable bonds is 11. The molecule has 1 atom stereocenters. The number of benzene rings is 2. The summed E-state index contributed by atoms with van der Waals surface area (Å²) in [6, 6.07) is 7.22. The maximum Gasteiger partial charge on any atom is 0.161 e. The van der Waals surface area contributed by atoms with E-state index in [4.69, 9.17) is 0 Å². The van der Waals surface area contributed by atoms with Crippen molar-refractivity contribution in [1.29, 1.82) is 0 Å². The minimum Gasteiger partial charge on any atom is -0.504 e. The summed E-state index contributed by atoms with van der Waals surface area (Å²) < 4.78 is 0. The van der Waals surface area contributed by atoms with E-state index in [2.05, 4.69) is 10.6 Å². The molecule has 3 rings (SSSR count). The number of aryl methyl sites for hydroxylation is 1. The first kappa shape index (κ1) is 27.2. The molecule has 0 radical (unpaired) electrons. The van der Waals surface area contributed by atoms with E-state index in [9.17, 15) is 20.4 Å². The van der Waals surface area contributed by atoms with E-state index in [-0.39, 0.29) is 53.9 Å². The normalized spacial score (nSPS) is 14.2. The van der Waals surface area contributed by atoms with Crippen LogP contribution in [0.1, 0.15) is 54.0 Å². The predicted octanol–water partition coefficient (Wildman–Crippen LogP) is 4.24. The van der Waals surface area contributed by atoms with Crippen molar-refractivity contribution in [2.45, 2.75) is 51.5 Å². The quantitative estimate of drug-likeness (QED) is 0.216. The van der Waals surface area contributed by atoms with Crippen LogP contribution in [0, 0.1) is 6.92 Å². The molecular formula is C23H34Cl2N2O4. The highest BCUT2D eigenvalue weighted by Crippen LogP contribution is 2.45. The second-order valence-corrected chi connectivity index (χ2v) is 7.91. The van der Waals surface area contributed by atoms with Gasteiger partial charge in [-0.1, -0.05) is 25.0 Å². The molecule has 174 valence electrons. The van der Waals surface area contributed by atoms with Crippen LogP contribution >= 0.6 is 24.8 Å². The van der Waals surface area contributed by atoms with Gasteiger partial charge < -0.3 is 31.1 Å². The molecule has 0 fully saturated rings. The van der Waals surface area contributed by atoms with E-state index in [1.165, 1.54) is 18.9 Å². The third kappa shape index (κ3) is 7.07. The van der Waals surface area contributed by atoms with Crippen molar-refractivity contribution in [3.63, 3.8) is 0 Å². The van der Waals surface area contributed by atoms with Gasteiger partial charge in [-0.3, -0.25) is 0 Å². The minimum absolute atomic E-state index is 0. The molecular weight excluding hydrogens is 439 g/mol. The second kappa shape index (κ2) is 12.9. The maximum absolute atomic E-state index is 9.95. The molecule has 1 aliphatic rings. The van der Waals surface area contributed by atoms with Gasteiger partial charge in [-0.25, -0.2) is 0 Å². The van der Waals surface area contributed by atoms with Crippen LogP contribution < -0.4 is 10.6 Å². The van der Waals surface area contributed by atoms with Crippen molar-refractivity contribution in [2.75, 3.05) is 19.6 Å². The molecule has 0 aliphatic heterocycles. The first-order valence-electron chi connectivity index (χ1n) is 10.5. The molecule has 6 nitrogen and oxygen atoms in total. The number of phenolic OH excluding ortho intramolecular Hbond substituents is 4. The Morgan fingerprint density at radius 2 is 1.55 bits per heavy atom. The number of hydrogen-bond acceptors (Lipinski definition) is 6. The fourth-order valence-electron chi connectivity index (χ4n) is 3.83. The molecule has 31 heavy (non-hydrogen) atoms. The van der Waals surface area contributed by atoms with Gasteiger partial charge in [-0.2, -0.15) is 0 Å². The first-order valence-corrected chi connectivity index (χ1v) is 10.5. The molecule has 2 aromatic carbocycles. The Balaban J connectivity index is 0.00000240. The molecule has 6 N–H and O–H groups in total. The monoisotopic (exact) mass is 472 g/mol. The largest absolute Gasteiger partial charge is 0.504 e. The molecule has 1 aliphatic carbocycles. The van der Waals surface area contributed by atoms with E-state index in [1.54, 1.807) is 6.07 Å². The second-order valence-electron chi connectivity index (χ2n) is 7.91. The summed E-state index contributed by atoms with van der Waals surface area (Å²) in [5.41, 5.74) is 3.72. The minimum atomic E-state index is -0.0784. The first-order chi connectivity index (χ1) is 14.0. The lowest BCUT2D eigenvalue weighted by Gasteiger charge is -2.32. The lowest BCUT2D eigenvalue weighted by molar-refractivity contribution is 0.378. The van der Waals surface area contributed by atoms with E-state index in [1.807, 2.05) is 19.1 Å². The van der Waals surface area contributed by atoms with Crippen LogP contribution in [-0.2, 0) is 12.8 Å². The summed E-state index contributed by atoms with van der Waals surface area (Å²) in [6.45, 7) is 4.61. The summed E-state index contributed by atoms with van der Waals surface area (Å²) in [4.78, 5) is 0. The topological polar surface area (TPSA) is 105 Å². The van der Waals surface area contributed by atoms with Gasteiger partial charge in [0.05, 0.1) is 0 Å². The van der Waals surface area contributed by atoms with Gasteiger partial charge in [0.1, 0.15) is 0 Å². The number of fused-ring (bicyclic) bond motifs is 1. The standard InChI is InChI=1S/C23H32N2O4.2ClH/c1-15-12-17-18(23(29)22(15)28)14-19(17)25-10-5-3-2-4-9-24-11-8-16-6-7-20(26)21(27)13-16;;/h6-7,12-13,19,24-29H,2-5,8-11,14H2,1H3;2*1H. The molecule has 1 unspecified atom stereocenters. The molecule has 0 aromatic heterocycles. The van der Waals surface area contributed by atoms with Gasteiger partial charge >= 0.3 is 0 Å². The third-order valence-corrected chi connectivity index (χ3v) is 5.69. The van der Waals surface area contributed by atoms with E-state index >= 15 is 0 Å². The number of phenols is 4. The highest BCUT2D eigenvalue weighted by atomic mass is 35.5. The van der Waals surface area contributed by atoms with Crippen LogP contribution in [0.3, 0.4) is 0 Å². The molecule has 8 heteroatoms. The van der Waals surface area contributed by atoms with Gasteiger partial charge in [0, 0.05) is 11.6 Å². The molecule has 0 saturated heterocycles. The summed E-state index contributed by atoms with van der Waals surface area (Å²) in [5, 5.41) is 45.5. The van der Waals surface area contributed by atoms with Gasteiger partial charge in [0.25, 0.3) is 0 Å². The Kier molecular flexibility index (Phi) is 11.3. The van der Waals surface area contributed by atoms with Gasteiger partial charge in [-0.05, 0) is 81.1 Å². The SMILES string of the molecule is Cc1cc2c(c(O)c1O)CC2NCCCCCCNCCc1ccc(O)c(O)c1.Cl.Cl. The van der Waals surface area contributed by atoms with Crippen molar-refractivity contribution in [3.8, 4) is 23.0 Å². The van der Waals surface area contributed by atoms with Crippen LogP contribution in [0.4, 0.5) is 0 Å². The summed E-state index contributed by atoms with van der Waals surface area (Å²) >= 11 is 0. The predicted molar refractivity (Wildman–Crippen MR) is 128 cm³/mol. The van der Waals surface area contributed by atoms with Crippen molar-refractivity contribution >= 4 is 24.8 Å². The number of hydrogen-bond donors (Lipinski definition) is 6.